The number of carbonyl (C=O) groups is 1. The second kappa shape index (κ2) is 6.95. The molecule has 1 aliphatic rings. The largest absolute Gasteiger partial charge is 0.507 e. The van der Waals surface area contributed by atoms with E-state index in [1.165, 1.54) is 0 Å². The van der Waals surface area contributed by atoms with E-state index in [1.54, 1.807) is 4.90 Å². The molecular weight excluding hydrogens is 358 g/mol. The first-order valence-corrected chi connectivity index (χ1v) is 9.61. The molecule has 3 heteroatoms. The van der Waals surface area contributed by atoms with Crippen molar-refractivity contribution in [2.24, 2.45) is 0 Å². The van der Waals surface area contributed by atoms with Crippen molar-refractivity contribution >= 4 is 17.3 Å². The zero-order valence-electron chi connectivity index (χ0n) is 15.7. The second-order valence-electron chi connectivity index (χ2n) is 7.11. The van der Waals surface area contributed by atoms with Crippen LogP contribution in [0.15, 0.2) is 103 Å². The van der Waals surface area contributed by atoms with Crippen LogP contribution >= 0.6 is 0 Å². The fraction of sp³-hybridized carbons (Fsp3) is 0.0385. The van der Waals surface area contributed by atoms with Crippen LogP contribution in [0.1, 0.15) is 17.0 Å². The SMILES string of the molecule is O=C1C(c2cccc(-c3ccccc3)c2O)c2ccccc2N1c1ccccc1. The number of aromatic hydroxyl groups is 1. The molecule has 0 fully saturated rings. The average molecular weight is 377 g/mol. The van der Waals surface area contributed by atoms with Gasteiger partial charge in [-0.15, -0.1) is 0 Å². The van der Waals surface area contributed by atoms with Crippen molar-refractivity contribution in [1.29, 1.82) is 0 Å². The summed E-state index contributed by atoms with van der Waals surface area (Å²) >= 11 is 0. The molecule has 1 heterocycles. The van der Waals surface area contributed by atoms with Gasteiger partial charge in [-0.05, 0) is 29.3 Å². The highest BCUT2D eigenvalue weighted by Gasteiger charge is 2.40. The summed E-state index contributed by atoms with van der Waals surface area (Å²) in [6.07, 6.45) is 0. The number of anilines is 2. The summed E-state index contributed by atoms with van der Waals surface area (Å²) in [6, 6.07) is 32.8. The normalized spacial score (nSPS) is 15.4. The van der Waals surface area contributed by atoms with E-state index in [4.69, 9.17) is 0 Å². The minimum atomic E-state index is -0.546. The summed E-state index contributed by atoms with van der Waals surface area (Å²) in [7, 11) is 0. The second-order valence-corrected chi connectivity index (χ2v) is 7.11. The standard InChI is InChI=1S/C26H19NO2/c28-25-20(18-10-3-1-4-11-18)15-9-16-22(25)24-21-14-7-8-17-23(21)27(26(24)29)19-12-5-2-6-13-19/h1-17,24,28H. The van der Waals surface area contributed by atoms with Crippen molar-refractivity contribution in [2.45, 2.75) is 5.92 Å². The number of amides is 1. The lowest BCUT2D eigenvalue weighted by atomic mass is 9.89. The number of phenolic OH excluding ortho intramolecular Hbond substituents is 1. The maximum absolute atomic E-state index is 13.6. The van der Waals surface area contributed by atoms with Crippen molar-refractivity contribution in [3.63, 3.8) is 0 Å². The van der Waals surface area contributed by atoms with E-state index in [-0.39, 0.29) is 11.7 Å². The van der Waals surface area contributed by atoms with Crippen molar-refractivity contribution in [3.8, 4) is 16.9 Å². The van der Waals surface area contributed by atoms with Crippen LogP contribution in [0.2, 0.25) is 0 Å². The molecule has 1 amide bonds. The lowest BCUT2D eigenvalue weighted by Gasteiger charge is -2.19. The smallest absolute Gasteiger partial charge is 0.243 e. The van der Waals surface area contributed by atoms with Gasteiger partial charge < -0.3 is 5.11 Å². The molecule has 1 atom stereocenters. The molecule has 4 aromatic carbocycles. The number of benzene rings is 4. The maximum atomic E-state index is 13.6. The van der Waals surface area contributed by atoms with Gasteiger partial charge >= 0.3 is 0 Å². The van der Waals surface area contributed by atoms with Crippen LogP contribution in [-0.4, -0.2) is 11.0 Å². The molecule has 1 aliphatic heterocycles. The Bertz CT molecular complexity index is 1190. The predicted molar refractivity (Wildman–Crippen MR) is 115 cm³/mol. The van der Waals surface area contributed by atoms with Crippen LogP contribution in [0.3, 0.4) is 0 Å². The van der Waals surface area contributed by atoms with Crippen molar-refractivity contribution in [1.82, 2.24) is 0 Å². The van der Waals surface area contributed by atoms with Crippen LogP contribution < -0.4 is 4.90 Å². The number of carbonyl (C=O) groups excluding carboxylic acids is 1. The molecule has 3 nitrogen and oxygen atoms in total. The van der Waals surface area contributed by atoms with Gasteiger partial charge in [0.15, 0.2) is 0 Å². The third kappa shape index (κ3) is 2.79. The zero-order valence-corrected chi connectivity index (χ0v) is 15.7. The van der Waals surface area contributed by atoms with E-state index < -0.39 is 5.92 Å². The van der Waals surface area contributed by atoms with Crippen molar-refractivity contribution in [3.05, 3.63) is 114 Å². The lowest BCUT2D eigenvalue weighted by Crippen LogP contribution is -2.24. The highest BCUT2D eigenvalue weighted by atomic mass is 16.3. The Morgan fingerprint density at radius 3 is 2.03 bits per heavy atom. The molecule has 0 bridgehead atoms. The Morgan fingerprint density at radius 1 is 0.655 bits per heavy atom. The van der Waals surface area contributed by atoms with Crippen LogP contribution in [0, 0.1) is 0 Å². The first-order valence-electron chi connectivity index (χ1n) is 9.61. The molecule has 0 saturated heterocycles. The molecule has 4 aromatic rings. The van der Waals surface area contributed by atoms with Crippen LogP contribution in [0.25, 0.3) is 11.1 Å². The summed E-state index contributed by atoms with van der Waals surface area (Å²) in [5.41, 5.74) is 4.87. The molecule has 5 rings (SSSR count). The molecule has 1 N–H and O–H groups in total. The van der Waals surface area contributed by atoms with Gasteiger partial charge in [0.1, 0.15) is 5.75 Å². The quantitative estimate of drug-likeness (QED) is 0.485. The fourth-order valence-corrected chi connectivity index (χ4v) is 4.11. The minimum Gasteiger partial charge on any atom is -0.507 e. The van der Waals surface area contributed by atoms with E-state index in [2.05, 4.69) is 0 Å². The lowest BCUT2D eigenvalue weighted by molar-refractivity contribution is -0.117. The van der Waals surface area contributed by atoms with Gasteiger partial charge in [0.05, 0.1) is 11.6 Å². The predicted octanol–water partition coefficient (Wildman–Crippen LogP) is 5.87. The Morgan fingerprint density at radius 2 is 1.28 bits per heavy atom. The molecule has 0 spiro atoms. The van der Waals surface area contributed by atoms with Gasteiger partial charge in [0.2, 0.25) is 5.91 Å². The number of fused-ring (bicyclic) bond motifs is 1. The van der Waals surface area contributed by atoms with Crippen LogP contribution in [0.4, 0.5) is 11.4 Å². The Kier molecular flexibility index (Phi) is 4.14. The number of phenols is 1. The number of nitrogens with zero attached hydrogens (tertiary/aromatic N) is 1. The zero-order chi connectivity index (χ0) is 19.8. The Labute approximate surface area is 169 Å². The molecule has 1 unspecified atom stereocenters. The van der Waals surface area contributed by atoms with Gasteiger partial charge in [0, 0.05) is 16.8 Å². The molecule has 140 valence electrons. The van der Waals surface area contributed by atoms with Gasteiger partial charge in [0.25, 0.3) is 0 Å². The van der Waals surface area contributed by atoms with Gasteiger partial charge in [-0.3, -0.25) is 9.69 Å². The summed E-state index contributed by atoms with van der Waals surface area (Å²) in [4.78, 5) is 15.3. The summed E-state index contributed by atoms with van der Waals surface area (Å²) in [5.74, 6) is -0.449. The topological polar surface area (TPSA) is 40.5 Å². The van der Waals surface area contributed by atoms with E-state index in [9.17, 15) is 9.90 Å². The molecule has 0 saturated carbocycles. The average Bonchev–Trinajstić information content (AvgIpc) is 3.07. The highest BCUT2D eigenvalue weighted by Crippen LogP contribution is 2.48. The van der Waals surface area contributed by atoms with E-state index in [1.807, 2.05) is 103 Å². The van der Waals surface area contributed by atoms with Gasteiger partial charge in [-0.2, -0.15) is 0 Å². The molecule has 0 aliphatic carbocycles. The highest BCUT2D eigenvalue weighted by molar-refractivity contribution is 6.12. The Hall–Kier alpha value is -3.85. The number of hydrogen-bond donors (Lipinski definition) is 1. The van der Waals surface area contributed by atoms with Crippen molar-refractivity contribution < 1.29 is 9.90 Å². The van der Waals surface area contributed by atoms with Crippen LogP contribution in [0.5, 0.6) is 5.75 Å². The molecular formula is C26H19NO2. The monoisotopic (exact) mass is 377 g/mol. The summed E-state index contributed by atoms with van der Waals surface area (Å²) < 4.78 is 0. The maximum Gasteiger partial charge on any atom is 0.243 e. The molecule has 0 aromatic heterocycles. The van der Waals surface area contributed by atoms with E-state index >= 15 is 0 Å². The van der Waals surface area contributed by atoms with E-state index in [0.717, 1.165) is 28.1 Å². The first kappa shape index (κ1) is 17.3. The van der Waals surface area contributed by atoms with Crippen molar-refractivity contribution in [2.75, 3.05) is 4.90 Å². The first-order chi connectivity index (χ1) is 14.3. The molecule has 0 radical (unpaired) electrons. The Balaban J connectivity index is 1.67. The van der Waals surface area contributed by atoms with E-state index in [0.29, 0.717) is 5.56 Å². The number of para-hydroxylation sites is 3. The number of hydrogen-bond acceptors (Lipinski definition) is 2. The summed E-state index contributed by atoms with van der Waals surface area (Å²) in [5, 5.41) is 11.1. The van der Waals surface area contributed by atoms with Crippen LogP contribution in [-0.2, 0) is 4.79 Å². The third-order valence-electron chi connectivity index (χ3n) is 5.43. The van der Waals surface area contributed by atoms with Gasteiger partial charge in [-0.25, -0.2) is 0 Å². The third-order valence-corrected chi connectivity index (χ3v) is 5.43. The summed E-state index contributed by atoms with van der Waals surface area (Å²) in [6.45, 7) is 0. The number of rotatable bonds is 3. The fourth-order valence-electron chi connectivity index (χ4n) is 4.11. The van der Waals surface area contributed by atoms with Gasteiger partial charge in [-0.1, -0.05) is 84.9 Å². The molecule has 29 heavy (non-hydrogen) atoms. The minimum absolute atomic E-state index is 0.0575.